The van der Waals surface area contributed by atoms with Crippen molar-refractivity contribution in [2.45, 2.75) is 13.0 Å². The lowest BCUT2D eigenvalue weighted by Crippen LogP contribution is -2.26. The number of hydrogen-bond donors (Lipinski definition) is 1. The number of para-hydroxylation sites is 1. The van der Waals surface area contributed by atoms with Crippen LogP contribution < -0.4 is 14.8 Å². The van der Waals surface area contributed by atoms with Crippen molar-refractivity contribution in [1.82, 2.24) is 0 Å². The highest BCUT2D eigenvalue weighted by atomic mass is 35.5. The number of benzene rings is 2. The van der Waals surface area contributed by atoms with Crippen LogP contribution in [-0.2, 0) is 9.63 Å². The Morgan fingerprint density at radius 2 is 2.04 bits per heavy atom. The molecule has 0 unspecified atom stereocenters. The van der Waals surface area contributed by atoms with Crippen LogP contribution in [0, 0.1) is 11.3 Å². The van der Waals surface area contributed by atoms with E-state index in [4.69, 9.17) is 31.2 Å². The summed E-state index contributed by atoms with van der Waals surface area (Å²) in [6.45, 7) is 1.54. The van der Waals surface area contributed by atoms with Crippen molar-refractivity contribution < 1.29 is 19.1 Å². The Bertz CT molecular complexity index is 893. The maximum absolute atomic E-state index is 12.2. The topological polar surface area (TPSA) is 92.9 Å². The zero-order valence-corrected chi connectivity index (χ0v) is 15.8. The number of ether oxygens (including phenoxy) is 2. The van der Waals surface area contributed by atoms with Crippen LogP contribution in [0.25, 0.3) is 0 Å². The average molecular weight is 388 g/mol. The number of amides is 1. The van der Waals surface area contributed by atoms with E-state index >= 15 is 0 Å². The second-order valence-electron chi connectivity index (χ2n) is 5.37. The van der Waals surface area contributed by atoms with E-state index in [1.807, 2.05) is 6.07 Å². The van der Waals surface area contributed by atoms with Gasteiger partial charge in [-0.2, -0.15) is 5.26 Å². The highest BCUT2D eigenvalue weighted by molar-refractivity contribution is 6.32. The third-order valence-corrected chi connectivity index (χ3v) is 3.83. The number of methoxy groups -OCH3 is 2. The molecule has 1 N–H and O–H groups in total. The number of nitrogens with one attached hydrogen (secondary N) is 1. The van der Waals surface area contributed by atoms with Gasteiger partial charge in [-0.1, -0.05) is 28.9 Å². The monoisotopic (exact) mass is 387 g/mol. The van der Waals surface area contributed by atoms with Gasteiger partial charge in [0.25, 0.3) is 5.91 Å². The summed E-state index contributed by atoms with van der Waals surface area (Å²) in [6, 6.07) is 12.0. The molecule has 0 bridgehead atoms. The first-order valence-electron chi connectivity index (χ1n) is 7.90. The van der Waals surface area contributed by atoms with E-state index in [-0.39, 0.29) is 0 Å². The van der Waals surface area contributed by atoms with E-state index in [9.17, 15) is 4.79 Å². The maximum atomic E-state index is 12.2. The van der Waals surface area contributed by atoms with Gasteiger partial charge in [0.1, 0.15) is 6.07 Å². The second-order valence-corrected chi connectivity index (χ2v) is 5.77. The lowest BCUT2D eigenvalue weighted by molar-refractivity contribution is -0.126. The molecule has 0 aromatic heterocycles. The molecule has 1 atom stereocenters. The van der Waals surface area contributed by atoms with Gasteiger partial charge in [0.2, 0.25) is 6.10 Å². The maximum Gasteiger partial charge on any atom is 0.268 e. The molecule has 2 rings (SSSR count). The summed E-state index contributed by atoms with van der Waals surface area (Å²) >= 11 is 6.13. The molecule has 0 aliphatic heterocycles. The average Bonchev–Trinajstić information content (AvgIpc) is 2.67. The van der Waals surface area contributed by atoms with Gasteiger partial charge in [0, 0.05) is 5.56 Å². The fourth-order valence-corrected chi connectivity index (χ4v) is 2.46. The standard InChI is InChI=1S/C19H18ClN3O4/c1-12(19(24)23-16-7-5-4-6-14(16)10-21)27-22-11-13-8-15(20)18(26-3)17(9-13)25-2/h4-9,11-12H,1-3H3,(H,23,24)/b22-11-/t12-/m1/s1. The van der Waals surface area contributed by atoms with Crippen LogP contribution >= 0.6 is 11.6 Å². The molecule has 2 aromatic carbocycles. The molecule has 0 aliphatic rings. The molecule has 2 aromatic rings. The molecular formula is C19H18ClN3O4. The Balaban J connectivity index is 2.02. The van der Waals surface area contributed by atoms with Gasteiger partial charge >= 0.3 is 0 Å². The Morgan fingerprint density at radius 3 is 2.70 bits per heavy atom. The molecule has 0 fully saturated rings. The quantitative estimate of drug-likeness (QED) is 0.578. The van der Waals surface area contributed by atoms with Crippen molar-refractivity contribution >= 4 is 29.4 Å². The van der Waals surface area contributed by atoms with Crippen LogP contribution in [0.1, 0.15) is 18.1 Å². The SMILES string of the molecule is COc1cc(/C=N\O[C@H](C)C(=O)Nc2ccccc2C#N)cc(Cl)c1OC. The molecule has 0 aliphatic carbocycles. The van der Waals surface area contributed by atoms with Gasteiger partial charge < -0.3 is 19.6 Å². The second kappa shape index (κ2) is 9.46. The molecule has 140 valence electrons. The van der Waals surface area contributed by atoms with Crippen LogP contribution in [0.2, 0.25) is 5.02 Å². The highest BCUT2D eigenvalue weighted by Crippen LogP contribution is 2.35. The van der Waals surface area contributed by atoms with Gasteiger partial charge in [0.15, 0.2) is 11.5 Å². The molecule has 1 amide bonds. The molecule has 7 nitrogen and oxygen atoms in total. The lowest BCUT2D eigenvalue weighted by Gasteiger charge is -2.12. The molecular weight excluding hydrogens is 370 g/mol. The molecule has 0 radical (unpaired) electrons. The number of carbonyl (C=O) groups excluding carboxylic acids is 1. The number of anilines is 1. The minimum atomic E-state index is -0.872. The third kappa shape index (κ3) is 5.12. The Labute approximate surface area is 162 Å². The fraction of sp³-hybridized carbons (Fsp3) is 0.211. The van der Waals surface area contributed by atoms with Crippen molar-refractivity contribution in [3.63, 3.8) is 0 Å². The predicted octanol–water partition coefficient (Wildman–Crippen LogP) is 3.61. The zero-order valence-electron chi connectivity index (χ0n) is 15.0. The lowest BCUT2D eigenvalue weighted by atomic mass is 10.2. The van der Waals surface area contributed by atoms with Crippen LogP contribution in [-0.4, -0.2) is 32.4 Å². The number of nitriles is 1. The van der Waals surface area contributed by atoms with Crippen LogP contribution in [0.5, 0.6) is 11.5 Å². The van der Waals surface area contributed by atoms with Crippen molar-refractivity contribution in [2.75, 3.05) is 19.5 Å². The third-order valence-electron chi connectivity index (χ3n) is 3.55. The molecule has 0 spiro atoms. The van der Waals surface area contributed by atoms with E-state index < -0.39 is 12.0 Å². The summed E-state index contributed by atoms with van der Waals surface area (Å²) < 4.78 is 10.4. The summed E-state index contributed by atoms with van der Waals surface area (Å²) in [7, 11) is 2.99. The van der Waals surface area contributed by atoms with Crippen molar-refractivity contribution in [3.8, 4) is 17.6 Å². The summed E-state index contributed by atoms with van der Waals surface area (Å²) in [5.41, 5.74) is 1.39. The van der Waals surface area contributed by atoms with Crippen LogP contribution in [0.15, 0.2) is 41.6 Å². The number of hydrogen-bond acceptors (Lipinski definition) is 6. The smallest absolute Gasteiger partial charge is 0.268 e. The van der Waals surface area contributed by atoms with E-state index in [2.05, 4.69) is 10.5 Å². The highest BCUT2D eigenvalue weighted by Gasteiger charge is 2.16. The van der Waals surface area contributed by atoms with E-state index in [0.29, 0.717) is 33.3 Å². The number of nitrogens with zero attached hydrogens (tertiary/aromatic N) is 2. The first-order chi connectivity index (χ1) is 13.0. The summed E-state index contributed by atoms with van der Waals surface area (Å²) in [5, 5.41) is 15.9. The largest absolute Gasteiger partial charge is 0.493 e. The molecule has 0 saturated carbocycles. The molecule has 8 heteroatoms. The van der Waals surface area contributed by atoms with Crippen molar-refractivity contribution in [2.24, 2.45) is 5.16 Å². The molecule has 0 heterocycles. The van der Waals surface area contributed by atoms with E-state index in [1.54, 1.807) is 43.3 Å². The van der Waals surface area contributed by atoms with E-state index in [0.717, 1.165) is 0 Å². The molecule has 0 saturated heterocycles. The first kappa shape index (κ1) is 20.1. The number of oxime groups is 1. The predicted molar refractivity (Wildman–Crippen MR) is 102 cm³/mol. The van der Waals surface area contributed by atoms with Gasteiger partial charge in [-0.3, -0.25) is 4.79 Å². The minimum Gasteiger partial charge on any atom is -0.493 e. The van der Waals surface area contributed by atoms with Crippen molar-refractivity contribution in [1.29, 1.82) is 5.26 Å². The van der Waals surface area contributed by atoms with Crippen molar-refractivity contribution in [3.05, 3.63) is 52.5 Å². The summed E-state index contributed by atoms with van der Waals surface area (Å²) in [4.78, 5) is 17.4. The van der Waals surface area contributed by atoms with Crippen LogP contribution in [0.3, 0.4) is 0 Å². The fourth-order valence-electron chi connectivity index (χ4n) is 2.17. The first-order valence-corrected chi connectivity index (χ1v) is 8.28. The molecule has 27 heavy (non-hydrogen) atoms. The van der Waals surface area contributed by atoms with Crippen LogP contribution in [0.4, 0.5) is 5.69 Å². The number of rotatable bonds is 7. The normalized spacial score (nSPS) is 11.5. The Morgan fingerprint density at radius 1 is 1.30 bits per heavy atom. The summed E-state index contributed by atoms with van der Waals surface area (Å²) in [5.74, 6) is 0.437. The van der Waals surface area contributed by atoms with E-state index in [1.165, 1.54) is 20.4 Å². The van der Waals surface area contributed by atoms with Gasteiger partial charge in [-0.05, 0) is 31.2 Å². The number of carbonyl (C=O) groups is 1. The summed E-state index contributed by atoms with van der Waals surface area (Å²) in [6.07, 6.45) is 0.532. The van der Waals surface area contributed by atoms with Gasteiger partial charge in [-0.15, -0.1) is 0 Å². The Hall–Kier alpha value is -3.24. The van der Waals surface area contributed by atoms with Gasteiger partial charge in [-0.25, -0.2) is 0 Å². The minimum absolute atomic E-state index is 0.359. The Kier molecular flexibility index (Phi) is 7.03. The number of halogens is 1. The zero-order chi connectivity index (χ0) is 19.8. The van der Waals surface area contributed by atoms with Gasteiger partial charge in [0.05, 0.1) is 36.7 Å².